The maximum Gasteiger partial charge on any atom is 0.221 e. The van der Waals surface area contributed by atoms with Crippen LogP contribution >= 0.6 is 24.0 Å². The summed E-state index contributed by atoms with van der Waals surface area (Å²) >= 11 is 0. The summed E-state index contributed by atoms with van der Waals surface area (Å²) in [5, 5.41) is 15.7. The van der Waals surface area contributed by atoms with Gasteiger partial charge in [0.2, 0.25) is 5.91 Å². The maximum atomic E-state index is 11.1. The zero-order valence-electron chi connectivity index (χ0n) is 13.6. The number of aliphatic hydroxyl groups excluding tert-OH is 1. The van der Waals surface area contributed by atoms with Gasteiger partial charge < -0.3 is 20.6 Å². The average Bonchev–Trinajstić information content (AvgIpc) is 2.89. The lowest BCUT2D eigenvalue weighted by Gasteiger charge is -2.21. The summed E-state index contributed by atoms with van der Waals surface area (Å²) in [6.07, 6.45) is 0.509. The first-order valence-corrected chi connectivity index (χ1v) is 7.66. The van der Waals surface area contributed by atoms with E-state index in [1.54, 1.807) is 0 Å². The van der Waals surface area contributed by atoms with Crippen LogP contribution in [0.2, 0.25) is 0 Å². The van der Waals surface area contributed by atoms with Gasteiger partial charge in [0.05, 0.1) is 12.6 Å². The monoisotopic (exact) mass is 432 g/mol. The molecule has 0 spiro atoms. The molecule has 1 fully saturated rings. The molecule has 1 amide bonds. The molecule has 2 rings (SSSR count). The van der Waals surface area contributed by atoms with E-state index in [0.717, 1.165) is 36.7 Å². The second-order valence-corrected chi connectivity index (χ2v) is 5.44. The highest BCUT2D eigenvalue weighted by Crippen LogP contribution is 2.13. The topological polar surface area (TPSA) is 77.0 Å². The lowest BCUT2D eigenvalue weighted by atomic mass is 10.2. The molecule has 7 heteroatoms. The predicted molar refractivity (Wildman–Crippen MR) is 103 cm³/mol. The number of likely N-dealkylation sites (tertiary alicyclic amines) is 1. The number of amides is 1. The Morgan fingerprint density at radius 2 is 2.26 bits per heavy atom. The molecule has 3 N–H and O–H groups in total. The molecule has 1 atom stereocenters. The molecule has 1 saturated heterocycles. The number of anilines is 1. The van der Waals surface area contributed by atoms with E-state index in [1.165, 1.54) is 6.92 Å². The third kappa shape index (κ3) is 6.34. The molecule has 1 aromatic carbocycles. The quantitative estimate of drug-likeness (QED) is 0.385. The molecule has 0 radical (unpaired) electrons. The largest absolute Gasteiger partial charge is 0.391 e. The van der Waals surface area contributed by atoms with Gasteiger partial charge in [-0.05, 0) is 31.0 Å². The SMILES string of the molecule is CCNC(=NCc1cccc(NC(C)=O)c1)N1CC[C@@H](O)C1.I. The number of aliphatic hydroxyl groups is 1. The summed E-state index contributed by atoms with van der Waals surface area (Å²) in [6, 6.07) is 7.67. The van der Waals surface area contributed by atoms with E-state index in [1.807, 2.05) is 31.2 Å². The summed E-state index contributed by atoms with van der Waals surface area (Å²) in [5.74, 6) is 0.740. The molecule has 1 aromatic rings. The van der Waals surface area contributed by atoms with Crippen LogP contribution < -0.4 is 10.6 Å². The van der Waals surface area contributed by atoms with Gasteiger partial charge in [0, 0.05) is 32.2 Å². The number of carbonyl (C=O) groups is 1. The summed E-state index contributed by atoms with van der Waals surface area (Å²) in [7, 11) is 0. The zero-order chi connectivity index (χ0) is 15.9. The standard InChI is InChI=1S/C16H24N4O2.HI/c1-3-17-16(20-8-7-15(22)11-20)18-10-13-5-4-6-14(9-13)19-12(2)21;/h4-6,9,15,22H,3,7-8,10-11H2,1-2H3,(H,17,18)(H,19,21);1H/t15-;/m1./s1. The van der Waals surface area contributed by atoms with Crippen molar-refractivity contribution in [2.75, 3.05) is 25.0 Å². The minimum absolute atomic E-state index is 0. The Kier molecular flexibility index (Phi) is 8.32. The molecular formula is C16H25IN4O2. The number of carbonyl (C=O) groups excluding carboxylic acids is 1. The van der Waals surface area contributed by atoms with Crippen LogP contribution in [0.3, 0.4) is 0 Å². The fourth-order valence-corrected chi connectivity index (χ4v) is 2.48. The van der Waals surface area contributed by atoms with Crippen molar-refractivity contribution in [2.24, 2.45) is 4.99 Å². The van der Waals surface area contributed by atoms with E-state index in [4.69, 9.17) is 0 Å². The van der Waals surface area contributed by atoms with Crippen molar-refractivity contribution < 1.29 is 9.90 Å². The van der Waals surface area contributed by atoms with Crippen molar-refractivity contribution in [3.63, 3.8) is 0 Å². The highest BCUT2D eigenvalue weighted by atomic mass is 127. The van der Waals surface area contributed by atoms with Crippen LogP contribution in [-0.4, -0.2) is 47.6 Å². The number of benzene rings is 1. The molecule has 1 heterocycles. The van der Waals surface area contributed by atoms with Crippen LogP contribution in [0, 0.1) is 0 Å². The molecular weight excluding hydrogens is 407 g/mol. The fourth-order valence-electron chi connectivity index (χ4n) is 2.48. The number of hydrogen-bond acceptors (Lipinski definition) is 3. The highest BCUT2D eigenvalue weighted by molar-refractivity contribution is 14.0. The Bertz CT molecular complexity index is 551. The second-order valence-electron chi connectivity index (χ2n) is 5.44. The molecule has 128 valence electrons. The smallest absolute Gasteiger partial charge is 0.221 e. The summed E-state index contributed by atoms with van der Waals surface area (Å²) in [6.45, 7) is 6.28. The first-order chi connectivity index (χ1) is 10.6. The van der Waals surface area contributed by atoms with Gasteiger partial charge in [-0.1, -0.05) is 12.1 Å². The van der Waals surface area contributed by atoms with E-state index in [9.17, 15) is 9.90 Å². The van der Waals surface area contributed by atoms with Crippen LogP contribution in [0.25, 0.3) is 0 Å². The van der Waals surface area contributed by atoms with Crippen molar-refractivity contribution >= 4 is 41.5 Å². The average molecular weight is 432 g/mol. The van der Waals surface area contributed by atoms with Gasteiger partial charge in [0.15, 0.2) is 5.96 Å². The Morgan fingerprint density at radius 3 is 2.87 bits per heavy atom. The minimum Gasteiger partial charge on any atom is -0.391 e. The van der Waals surface area contributed by atoms with E-state index < -0.39 is 0 Å². The number of rotatable bonds is 4. The van der Waals surface area contributed by atoms with E-state index >= 15 is 0 Å². The number of nitrogens with zero attached hydrogens (tertiary/aromatic N) is 2. The highest BCUT2D eigenvalue weighted by Gasteiger charge is 2.22. The van der Waals surface area contributed by atoms with Crippen molar-refractivity contribution in [1.82, 2.24) is 10.2 Å². The number of nitrogens with one attached hydrogen (secondary N) is 2. The summed E-state index contributed by atoms with van der Waals surface area (Å²) < 4.78 is 0. The van der Waals surface area contributed by atoms with Crippen molar-refractivity contribution in [3.05, 3.63) is 29.8 Å². The summed E-state index contributed by atoms with van der Waals surface area (Å²) in [5.41, 5.74) is 1.81. The number of guanidine groups is 1. The lowest BCUT2D eigenvalue weighted by Crippen LogP contribution is -2.40. The minimum atomic E-state index is -0.271. The lowest BCUT2D eigenvalue weighted by molar-refractivity contribution is -0.114. The molecule has 1 aliphatic rings. The predicted octanol–water partition coefficient (Wildman–Crippen LogP) is 1.80. The molecule has 0 bridgehead atoms. The van der Waals surface area contributed by atoms with Gasteiger partial charge in [0.1, 0.15) is 0 Å². The van der Waals surface area contributed by atoms with Crippen LogP contribution in [0.15, 0.2) is 29.3 Å². The third-order valence-corrected chi connectivity index (χ3v) is 3.46. The maximum absolute atomic E-state index is 11.1. The van der Waals surface area contributed by atoms with Crippen LogP contribution in [0.4, 0.5) is 5.69 Å². The molecule has 1 aliphatic heterocycles. The van der Waals surface area contributed by atoms with Gasteiger partial charge in [-0.2, -0.15) is 0 Å². The molecule has 0 aliphatic carbocycles. The van der Waals surface area contributed by atoms with Crippen LogP contribution in [0.1, 0.15) is 25.8 Å². The Labute approximate surface area is 154 Å². The van der Waals surface area contributed by atoms with E-state index in [2.05, 4.69) is 20.5 Å². The Morgan fingerprint density at radius 1 is 1.48 bits per heavy atom. The molecule has 0 unspecified atom stereocenters. The van der Waals surface area contributed by atoms with Crippen LogP contribution in [-0.2, 0) is 11.3 Å². The zero-order valence-corrected chi connectivity index (χ0v) is 15.9. The van der Waals surface area contributed by atoms with Gasteiger partial charge in [-0.3, -0.25) is 4.79 Å². The number of halogens is 1. The molecule has 0 aromatic heterocycles. The van der Waals surface area contributed by atoms with Gasteiger partial charge >= 0.3 is 0 Å². The van der Waals surface area contributed by atoms with E-state index in [-0.39, 0.29) is 36.0 Å². The van der Waals surface area contributed by atoms with Gasteiger partial charge in [-0.25, -0.2) is 4.99 Å². The van der Waals surface area contributed by atoms with Crippen molar-refractivity contribution in [3.8, 4) is 0 Å². The molecule has 23 heavy (non-hydrogen) atoms. The third-order valence-electron chi connectivity index (χ3n) is 3.46. The first-order valence-electron chi connectivity index (χ1n) is 7.66. The Balaban J connectivity index is 0.00000264. The number of β-amino-alcohol motifs (C(OH)–C–C–N with tert-alkyl or cyclic N) is 1. The Hall–Kier alpha value is -1.35. The van der Waals surface area contributed by atoms with Gasteiger partial charge in [-0.15, -0.1) is 24.0 Å². The van der Waals surface area contributed by atoms with Gasteiger partial charge in [0.25, 0.3) is 0 Å². The normalized spacial score (nSPS) is 17.6. The van der Waals surface area contributed by atoms with Crippen molar-refractivity contribution in [1.29, 1.82) is 0 Å². The second kappa shape index (κ2) is 9.71. The molecule has 0 saturated carbocycles. The van der Waals surface area contributed by atoms with Crippen LogP contribution in [0.5, 0.6) is 0 Å². The number of aliphatic imine (C=N–C) groups is 1. The van der Waals surface area contributed by atoms with E-state index in [0.29, 0.717) is 13.1 Å². The summed E-state index contributed by atoms with van der Waals surface area (Å²) in [4.78, 5) is 17.8. The number of hydrogen-bond donors (Lipinski definition) is 3. The first kappa shape index (κ1) is 19.7. The fraction of sp³-hybridized carbons (Fsp3) is 0.500. The van der Waals surface area contributed by atoms with Crippen molar-refractivity contribution in [2.45, 2.75) is 32.9 Å². The molecule has 6 nitrogen and oxygen atoms in total.